The van der Waals surface area contributed by atoms with Crippen LogP contribution >= 0.6 is 0 Å². The van der Waals surface area contributed by atoms with Crippen molar-refractivity contribution < 1.29 is 25.5 Å². The Labute approximate surface area is 189 Å². The standard InChI is InChI=1S/C24H22N2O5S.2H2/c1-15-9-17(16-3-2-4-19(10-16)32(25,28)29)13-26-20(15)12-23(27)24(7-8-24)18-5-6-21-22(11-18)31-14-30-21;;/h2-6,9-11,13H,7-8,12,14H2,1H3,(H2,25,28,29);2*1H. The zero-order chi connectivity index (χ0) is 22.5. The minimum Gasteiger partial charge on any atom is -0.454 e. The number of primary sulfonamides is 1. The van der Waals surface area contributed by atoms with Gasteiger partial charge in [0, 0.05) is 21.0 Å². The number of Topliss-reactive ketones (excluding diaryl/α,β-unsaturated/α-hetero) is 1. The molecule has 1 aliphatic heterocycles. The summed E-state index contributed by atoms with van der Waals surface area (Å²) >= 11 is 0. The summed E-state index contributed by atoms with van der Waals surface area (Å²) in [6.45, 7) is 2.11. The van der Waals surface area contributed by atoms with Crippen molar-refractivity contribution in [2.24, 2.45) is 5.14 Å². The van der Waals surface area contributed by atoms with E-state index in [1.54, 1.807) is 18.3 Å². The second-order valence-corrected chi connectivity index (χ2v) is 9.87. The van der Waals surface area contributed by atoms with Gasteiger partial charge in [0.15, 0.2) is 11.5 Å². The summed E-state index contributed by atoms with van der Waals surface area (Å²) in [7, 11) is -3.79. The highest BCUT2D eigenvalue weighted by Gasteiger charge is 2.51. The van der Waals surface area contributed by atoms with Crippen LogP contribution in [0.15, 0.2) is 59.6 Å². The second-order valence-electron chi connectivity index (χ2n) is 8.31. The summed E-state index contributed by atoms with van der Waals surface area (Å²) in [5, 5.41) is 5.24. The number of benzene rings is 2. The molecule has 0 atom stereocenters. The molecule has 1 saturated carbocycles. The van der Waals surface area contributed by atoms with Crippen LogP contribution in [0.2, 0.25) is 0 Å². The maximum atomic E-state index is 13.3. The van der Waals surface area contributed by atoms with Gasteiger partial charge in [0.25, 0.3) is 0 Å². The molecular weight excluding hydrogens is 428 g/mol. The van der Waals surface area contributed by atoms with Crippen molar-refractivity contribution in [1.29, 1.82) is 0 Å². The lowest BCUT2D eigenvalue weighted by molar-refractivity contribution is -0.120. The van der Waals surface area contributed by atoms with E-state index in [1.807, 2.05) is 31.2 Å². The molecule has 0 saturated heterocycles. The summed E-state index contributed by atoms with van der Waals surface area (Å²) in [6.07, 6.45) is 3.52. The van der Waals surface area contributed by atoms with Crippen LogP contribution in [-0.2, 0) is 26.7 Å². The first-order chi connectivity index (χ1) is 15.3. The van der Waals surface area contributed by atoms with Crippen molar-refractivity contribution in [2.45, 2.75) is 36.5 Å². The van der Waals surface area contributed by atoms with Crippen molar-refractivity contribution in [3.05, 3.63) is 71.5 Å². The molecule has 8 heteroatoms. The largest absolute Gasteiger partial charge is 0.454 e. The molecule has 0 spiro atoms. The molecule has 1 aliphatic carbocycles. The van der Waals surface area contributed by atoms with Crippen LogP contribution in [0.25, 0.3) is 11.1 Å². The van der Waals surface area contributed by atoms with E-state index in [2.05, 4.69) is 4.98 Å². The Hall–Kier alpha value is -3.23. The maximum absolute atomic E-state index is 13.3. The Morgan fingerprint density at radius 2 is 1.88 bits per heavy atom. The van der Waals surface area contributed by atoms with Crippen LogP contribution in [-0.4, -0.2) is 26.0 Å². The zero-order valence-corrected chi connectivity index (χ0v) is 18.3. The highest BCUT2D eigenvalue weighted by molar-refractivity contribution is 7.89. The fourth-order valence-electron chi connectivity index (χ4n) is 4.17. The Bertz CT molecular complexity index is 1360. The smallest absolute Gasteiger partial charge is 0.238 e. The van der Waals surface area contributed by atoms with Gasteiger partial charge in [0.2, 0.25) is 16.8 Å². The molecule has 0 radical (unpaired) electrons. The number of rotatable bonds is 6. The van der Waals surface area contributed by atoms with Gasteiger partial charge in [0.05, 0.1) is 16.0 Å². The Morgan fingerprint density at radius 3 is 2.59 bits per heavy atom. The molecule has 0 unspecified atom stereocenters. The Morgan fingerprint density at radius 1 is 1.09 bits per heavy atom. The minimum absolute atomic E-state index is 0. The first-order valence-electron chi connectivity index (χ1n) is 10.3. The van der Waals surface area contributed by atoms with Crippen LogP contribution in [0.3, 0.4) is 0 Å². The number of carbonyl (C=O) groups is 1. The summed E-state index contributed by atoms with van der Waals surface area (Å²) in [5.74, 6) is 1.52. The first-order valence-corrected chi connectivity index (χ1v) is 11.8. The van der Waals surface area contributed by atoms with Crippen molar-refractivity contribution in [3.8, 4) is 22.6 Å². The topological polar surface area (TPSA) is 109 Å². The van der Waals surface area contributed by atoms with E-state index < -0.39 is 15.4 Å². The highest BCUT2D eigenvalue weighted by Crippen LogP contribution is 2.51. The maximum Gasteiger partial charge on any atom is 0.238 e. The van der Waals surface area contributed by atoms with Crippen molar-refractivity contribution in [2.75, 3.05) is 6.79 Å². The summed E-state index contributed by atoms with van der Waals surface area (Å²) < 4.78 is 34.1. The fraction of sp³-hybridized carbons (Fsp3) is 0.250. The van der Waals surface area contributed by atoms with Crippen LogP contribution in [0.4, 0.5) is 0 Å². The first kappa shape index (κ1) is 20.7. The third-order valence-corrected chi connectivity index (χ3v) is 7.13. The van der Waals surface area contributed by atoms with Crippen LogP contribution in [0.1, 0.15) is 32.5 Å². The minimum atomic E-state index is -3.79. The van der Waals surface area contributed by atoms with Crippen LogP contribution in [0, 0.1) is 6.92 Å². The van der Waals surface area contributed by atoms with Gasteiger partial charge in [0.1, 0.15) is 5.78 Å². The molecule has 0 bridgehead atoms. The number of carbonyl (C=O) groups excluding carboxylic acids is 1. The molecule has 168 valence electrons. The van der Waals surface area contributed by atoms with Gasteiger partial charge in [-0.1, -0.05) is 18.2 Å². The number of aromatic nitrogens is 1. The van der Waals surface area contributed by atoms with Gasteiger partial charge in [-0.3, -0.25) is 9.78 Å². The quantitative estimate of drug-likeness (QED) is 0.607. The molecule has 2 N–H and O–H groups in total. The van der Waals surface area contributed by atoms with Crippen molar-refractivity contribution in [1.82, 2.24) is 4.98 Å². The third kappa shape index (κ3) is 3.65. The van der Waals surface area contributed by atoms with Gasteiger partial charge < -0.3 is 9.47 Å². The van der Waals surface area contributed by atoms with E-state index in [0.29, 0.717) is 22.8 Å². The molecular formula is C24H26N2O5S. The van der Waals surface area contributed by atoms with Gasteiger partial charge in [-0.25, -0.2) is 13.6 Å². The fourth-order valence-corrected chi connectivity index (χ4v) is 4.73. The molecule has 32 heavy (non-hydrogen) atoms. The second kappa shape index (κ2) is 7.43. The number of ketones is 1. The van der Waals surface area contributed by atoms with E-state index in [4.69, 9.17) is 14.6 Å². The predicted octanol–water partition coefficient (Wildman–Crippen LogP) is 3.77. The number of fused-ring (bicyclic) bond motifs is 1. The monoisotopic (exact) mass is 454 g/mol. The number of pyridine rings is 1. The number of hydrogen-bond acceptors (Lipinski definition) is 6. The Balaban J connectivity index is 0.00000162. The van der Waals surface area contributed by atoms with E-state index in [-0.39, 0.29) is 26.7 Å². The van der Waals surface area contributed by atoms with Gasteiger partial charge in [-0.2, -0.15) is 0 Å². The lowest BCUT2D eigenvalue weighted by Gasteiger charge is -2.16. The Kier molecular flexibility index (Phi) is 4.79. The van der Waals surface area contributed by atoms with E-state index in [1.165, 1.54) is 12.1 Å². The average molecular weight is 455 g/mol. The van der Waals surface area contributed by atoms with E-state index >= 15 is 0 Å². The van der Waals surface area contributed by atoms with Gasteiger partial charge in [-0.05, 0) is 66.8 Å². The molecule has 5 rings (SSSR count). The number of nitrogens with two attached hydrogens (primary N) is 1. The van der Waals surface area contributed by atoms with Crippen LogP contribution in [0.5, 0.6) is 11.5 Å². The normalized spacial score (nSPS) is 16.1. The molecule has 3 aromatic rings. The van der Waals surface area contributed by atoms with E-state index in [9.17, 15) is 13.2 Å². The molecule has 2 aromatic carbocycles. The molecule has 7 nitrogen and oxygen atoms in total. The summed E-state index contributed by atoms with van der Waals surface area (Å²) in [6, 6.07) is 14.1. The highest BCUT2D eigenvalue weighted by atomic mass is 32.2. The molecule has 1 fully saturated rings. The van der Waals surface area contributed by atoms with E-state index in [0.717, 1.165) is 29.5 Å². The number of nitrogens with zero attached hydrogens (tertiary/aromatic N) is 1. The molecule has 2 aliphatic rings. The lowest BCUT2D eigenvalue weighted by atomic mass is 9.88. The number of ether oxygens (including phenoxy) is 2. The zero-order valence-electron chi connectivity index (χ0n) is 17.5. The SMILES string of the molecule is Cc1cc(-c2cccc(S(N)(=O)=O)c2)cnc1CC(=O)C1(c2ccc3c(c2)OCO3)CC1.[HH].[HH]. The van der Waals surface area contributed by atoms with Gasteiger partial charge in [-0.15, -0.1) is 0 Å². The average Bonchev–Trinajstić information content (AvgIpc) is 3.45. The predicted molar refractivity (Wildman–Crippen MR) is 122 cm³/mol. The number of sulfonamides is 1. The number of hydrogen-bond donors (Lipinski definition) is 1. The van der Waals surface area contributed by atoms with Crippen molar-refractivity contribution >= 4 is 15.8 Å². The van der Waals surface area contributed by atoms with Crippen molar-refractivity contribution in [3.63, 3.8) is 0 Å². The van der Waals surface area contributed by atoms with Gasteiger partial charge >= 0.3 is 0 Å². The molecule has 1 aromatic heterocycles. The lowest BCUT2D eigenvalue weighted by Crippen LogP contribution is -2.23. The third-order valence-electron chi connectivity index (χ3n) is 6.22. The number of aryl methyl sites for hydroxylation is 1. The molecule has 0 amide bonds. The summed E-state index contributed by atoms with van der Waals surface area (Å²) in [4.78, 5) is 17.8. The van der Waals surface area contributed by atoms with Crippen LogP contribution < -0.4 is 14.6 Å². The summed E-state index contributed by atoms with van der Waals surface area (Å²) in [5.41, 5.74) is 3.52. The molecule has 2 heterocycles.